The Labute approximate surface area is 153 Å². The molecule has 2 aliphatic rings. The standard InChI is InChI=1S/C20H25FN2O3/c1-26-13-12-23-17-4-2-3-10-20(17,11-9-18(23)24)19(25)22-14-15-5-7-16(21)8-6-15/h4-8H,2-3,9-14H2,1H3,(H,22,25). The van der Waals surface area contributed by atoms with Gasteiger partial charge >= 0.3 is 0 Å². The van der Waals surface area contributed by atoms with Crippen LogP contribution >= 0.6 is 0 Å². The van der Waals surface area contributed by atoms with Crippen LogP contribution < -0.4 is 5.32 Å². The molecule has 26 heavy (non-hydrogen) atoms. The van der Waals surface area contributed by atoms with Gasteiger partial charge in [-0.2, -0.15) is 0 Å². The molecule has 1 aromatic carbocycles. The number of amides is 2. The second-order valence-electron chi connectivity index (χ2n) is 6.91. The van der Waals surface area contributed by atoms with Crippen LogP contribution in [0.2, 0.25) is 0 Å². The van der Waals surface area contributed by atoms with E-state index in [0.717, 1.165) is 30.5 Å². The highest BCUT2D eigenvalue weighted by atomic mass is 19.1. The Morgan fingerprint density at radius 3 is 2.81 bits per heavy atom. The van der Waals surface area contributed by atoms with E-state index in [1.165, 1.54) is 12.1 Å². The van der Waals surface area contributed by atoms with Crippen LogP contribution in [0.4, 0.5) is 4.39 Å². The minimum atomic E-state index is -0.653. The number of nitrogens with one attached hydrogen (secondary N) is 1. The highest BCUT2D eigenvalue weighted by molar-refractivity contribution is 5.91. The Hall–Kier alpha value is -2.21. The molecular weight excluding hydrogens is 335 g/mol. The Balaban J connectivity index is 1.77. The average Bonchev–Trinajstić information content (AvgIpc) is 2.66. The van der Waals surface area contributed by atoms with E-state index in [0.29, 0.717) is 32.5 Å². The van der Waals surface area contributed by atoms with Crippen molar-refractivity contribution < 1.29 is 18.7 Å². The summed E-state index contributed by atoms with van der Waals surface area (Å²) in [5.41, 5.74) is 1.02. The van der Waals surface area contributed by atoms with Gasteiger partial charge in [-0.05, 0) is 43.4 Å². The lowest BCUT2D eigenvalue weighted by Crippen LogP contribution is -2.53. The maximum absolute atomic E-state index is 13.1. The van der Waals surface area contributed by atoms with Gasteiger partial charge in [-0.1, -0.05) is 18.2 Å². The number of ether oxygens (including phenoxy) is 1. The summed E-state index contributed by atoms with van der Waals surface area (Å²) >= 11 is 0. The average molecular weight is 360 g/mol. The molecule has 140 valence electrons. The third kappa shape index (κ3) is 3.65. The first-order chi connectivity index (χ1) is 12.6. The molecule has 0 saturated carbocycles. The molecule has 1 aliphatic carbocycles. The van der Waals surface area contributed by atoms with Gasteiger partial charge in [-0.15, -0.1) is 0 Å². The number of rotatable bonds is 6. The number of methoxy groups -OCH3 is 1. The van der Waals surface area contributed by atoms with Gasteiger partial charge in [0.25, 0.3) is 0 Å². The monoisotopic (exact) mass is 360 g/mol. The van der Waals surface area contributed by atoms with Gasteiger partial charge in [0.2, 0.25) is 11.8 Å². The Bertz CT molecular complexity index is 702. The fourth-order valence-corrected chi connectivity index (χ4v) is 3.90. The van der Waals surface area contributed by atoms with E-state index in [-0.39, 0.29) is 17.6 Å². The minimum Gasteiger partial charge on any atom is -0.383 e. The van der Waals surface area contributed by atoms with Crippen molar-refractivity contribution in [3.63, 3.8) is 0 Å². The van der Waals surface area contributed by atoms with Gasteiger partial charge in [0.15, 0.2) is 0 Å². The van der Waals surface area contributed by atoms with Gasteiger partial charge in [0, 0.05) is 32.3 Å². The van der Waals surface area contributed by atoms with Gasteiger partial charge in [-0.3, -0.25) is 9.59 Å². The van der Waals surface area contributed by atoms with Crippen LogP contribution in [0.15, 0.2) is 36.0 Å². The molecule has 0 radical (unpaired) electrons. The van der Waals surface area contributed by atoms with Crippen molar-refractivity contribution in [3.8, 4) is 0 Å². The molecule has 1 N–H and O–H groups in total. The van der Waals surface area contributed by atoms with Gasteiger partial charge in [-0.25, -0.2) is 4.39 Å². The number of hydrogen-bond donors (Lipinski definition) is 1. The Kier molecular flexibility index (Phi) is 5.71. The van der Waals surface area contributed by atoms with Crippen LogP contribution in [0, 0.1) is 11.2 Å². The van der Waals surface area contributed by atoms with E-state index in [1.54, 1.807) is 24.1 Å². The van der Waals surface area contributed by atoms with E-state index in [2.05, 4.69) is 5.32 Å². The fourth-order valence-electron chi connectivity index (χ4n) is 3.90. The first-order valence-corrected chi connectivity index (χ1v) is 9.09. The molecule has 6 heteroatoms. The number of piperidine rings is 1. The van der Waals surface area contributed by atoms with Crippen molar-refractivity contribution in [2.24, 2.45) is 5.41 Å². The molecule has 0 spiro atoms. The lowest BCUT2D eigenvalue weighted by atomic mass is 9.69. The summed E-state index contributed by atoms with van der Waals surface area (Å²) in [7, 11) is 1.60. The van der Waals surface area contributed by atoms with Crippen LogP contribution in [-0.2, 0) is 20.9 Å². The topological polar surface area (TPSA) is 58.6 Å². The predicted octanol–water partition coefficient (Wildman–Crippen LogP) is 2.76. The lowest BCUT2D eigenvalue weighted by molar-refractivity contribution is -0.141. The zero-order chi connectivity index (χ0) is 18.6. The smallest absolute Gasteiger partial charge is 0.232 e. The molecule has 0 bridgehead atoms. The molecule has 1 fully saturated rings. The zero-order valence-electron chi connectivity index (χ0n) is 15.1. The molecular formula is C20H25FN2O3. The van der Waals surface area contributed by atoms with Crippen molar-refractivity contribution in [1.29, 1.82) is 0 Å². The number of fused-ring (bicyclic) bond motifs is 1. The van der Waals surface area contributed by atoms with Gasteiger partial charge in [0.05, 0.1) is 12.0 Å². The Morgan fingerprint density at radius 1 is 1.31 bits per heavy atom. The minimum absolute atomic E-state index is 0.0529. The van der Waals surface area contributed by atoms with E-state index in [4.69, 9.17) is 4.74 Å². The maximum Gasteiger partial charge on any atom is 0.232 e. The van der Waals surface area contributed by atoms with Crippen LogP contribution in [0.1, 0.15) is 37.7 Å². The highest BCUT2D eigenvalue weighted by Crippen LogP contribution is 2.46. The molecule has 1 heterocycles. The number of halogens is 1. The van der Waals surface area contributed by atoms with Gasteiger partial charge < -0.3 is 15.0 Å². The highest BCUT2D eigenvalue weighted by Gasteiger charge is 2.49. The van der Waals surface area contributed by atoms with Crippen LogP contribution in [0.3, 0.4) is 0 Å². The number of nitrogens with zero attached hydrogens (tertiary/aromatic N) is 1. The number of allylic oxidation sites excluding steroid dienone is 1. The van der Waals surface area contributed by atoms with Crippen LogP contribution in [0.25, 0.3) is 0 Å². The molecule has 5 nitrogen and oxygen atoms in total. The quantitative estimate of drug-likeness (QED) is 0.849. The van der Waals surface area contributed by atoms with Crippen molar-refractivity contribution in [3.05, 3.63) is 47.4 Å². The molecule has 1 atom stereocenters. The lowest BCUT2D eigenvalue weighted by Gasteiger charge is -2.46. The third-order valence-corrected chi connectivity index (χ3v) is 5.31. The summed E-state index contributed by atoms with van der Waals surface area (Å²) in [6.07, 6.45) is 5.48. The van der Waals surface area contributed by atoms with E-state index in [9.17, 15) is 14.0 Å². The first-order valence-electron chi connectivity index (χ1n) is 9.09. The molecule has 0 aromatic heterocycles. The summed E-state index contributed by atoms with van der Waals surface area (Å²) in [6, 6.07) is 6.11. The first kappa shape index (κ1) is 18.6. The normalized spacial score (nSPS) is 22.6. The van der Waals surface area contributed by atoms with E-state index < -0.39 is 5.41 Å². The van der Waals surface area contributed by atoms with Crippen molar-refractivity contribution in [2.75, 3.05) is 20.3 Å². The number of carbonyl (C=O) groups excluding carboxylic acids is 2. The maximum atomic E-state index is 13.1. The summed E-state index contributed by atoms with van der Waals surface area (Å²) in [5, 5.41) is 3.00. The summed E-state index contributed by atoms with van der Waals surface area (Å²) in [5.74, 6) is -0.296. The molecule has 1 aliphatic heterocycles. The van der Waals surface area contributed by atoms with Crippen molar-refractivity contribution >= 4 is 11.8 Å². The molecule has 1 unspecified atom stereocenters. The van der Waals surface area contributed by atoms with Crippen molar-refractivity contribution in [2.45, 2.75) is 38.6 Å². The van der Waals surface area contributed by atoms with E-state index >= 15 is 0 Å². The SMILES string of the molecule is COCCN1C(=O)CCC2(C(=O)NCc3ccc(F)cc3)CCCC=C12. The fraction of sp³-hybridized carbons (Fsp3) is 0.500. The zero-order valence-corrected chi connectivity index (χ0v) is 15.1. The third-order valence-electron chi connectivity index (χ3n) is 5.31. The second kappa shape index (κ2) is 7.99. The molecule has 3 rings (SSSR count). The van der Waals surface area contributed by atoms with Crippen LogP contribution in [-0.4, -0.2) is 37.0 Å². The van der Waals surface area contributed by atoms with Gasteiger partial charge in [0.1, 0.15) is 5.82 Å². The molecule has 2 amide bonds. The number of benzene rings is 1. The summed E-state index contributed by atoms with van der Waals surface area (Å²) in [4.78, 5) is 27.2. The number of likely N-dealkylation sites (tertiary alicyclic amines) is 1. The summed E-state index contributed by atoms with van der Waals surface area (Å²) in [6.45, 7) is 1.25. The van der Waals surface area contributed by atoms with Crippen LogP contribution in [0.5, 0.6) is 0 Å². The summed E-state index contributed by atoms with van der Waals surface area (Å²) < 4.78 is 18.2. The predicted molar refractivity (Wildman–Crippen MR) is 95.4 cm³/mol. The Morgan fingerprint density at radius 2 is 2.08 bits per heavy atom. The number of hydrogen-bond acceptors (Lipinski definition) is 3. The van der Waals surface area contributed by atoms with Crippen molar-refractivity contribution in [1.82, 2.24) is 10.2 Å². The molecule has 1 saturated heterocycles. The second-order valence-corrected chi connectivity index (χ2v) is 6.91. The van der Waals surface area contributed by atoms with E-state index in [1.807, 2.05) is 6.08 Å². The largest absolute Gasteiger partial charge is 0.383 e. The molecule has 1 aromatic rings. The number of carbonyl (C=O) groups is 2.